The van der Waals surface area contributed by atoms with Gasteiger partial charge in [0.15, 0.2) is 11.6 Å². The standard InChI is InChI=1S/C16H16ClF3N4O/c1-9-21-14-5-2-10(7-24(14)22-9)23(15(25)6-17)8-11-12(18)3-4-13(19)16(11)20/h3-4,10H,2,5-8H2,1H3. The molecule has 0 radical (unpaired) electrons. The summed E-state index contributed by atoms with van der Waals surface area (Å²) in [6.07, 6.45) is 1.13. The van der Waals surface area contributed by atoms with Crippen LogP contribution >= 0.6 is 11.6 Å². The van der Waals surface area contributed by atoms with E-state index in [0.29, 0.717) is 31.3 Å². The summed E-state index contributed by atoms with van der Waals surface area (Å²) in [5.41, 5.74) is -0.487. The number of nitrogens with zero attached hydrogens (tertiary/aromatic N) is 4. The van der Waals surface area contributed by atoms with Gasteiger partial charge in [0.1, 0.15) is 23.3 Å². The molecule has 2 aromatic rings. The Bertz CT molecular complexity index is 811. The summed E-state index contributed by atoms with van der Waals surface area (Å²) in [4.78, 5) is 17.8. The number of halogens is 4. The molecule has 25 heavy (non-hydrogen) atoms. The highest BCUT2D eigenvalue weighted by Gasteiger charge is 2.30. The molecule has 2 heterocycles. The SMILES string of the molecule is Cc1nc2n(n1)CC(N(Cc1c(F)ccc(F)c1F)C(=O)CCl)CC2. The van der Waals surface area contributed by atoms with Crippen molar-refractivity contribution in [3.05, 3.63) is 46.8 Å². The molecule has 0 fully saturated rings. The third kappa shape index (κ3) is 3.49. The van der Waals surface area contributed by atoms with E-state index in [1.165, 1.54) is 4.90 Å². The lowest BCUT2D eigenvalue weighted by molar-refractivity contribution is -0.132. The summed E-state index contributed by atoms with van der Waals surface area (Å²) in [6.45, 7) is 1.71. The number of alkyl halides is 1. The maximum absolute atomic E-state index is 14.0. The van der Waals surface area contributed by atoms with Gasteiger partial charge < -0.3 is 4.90 Å². The minimum atomic E-state index is -1.29. The molecular formula is C16H16ClF3N4O. The van der Waals surface area contributed by atoms with Crippen LogP contribution in [0.25, 0.3) is 0 Å². The quantitative estimate of drug-likeness (QED) is 0.612. The van der Waals surface area contributed by atoms with Crippen molar-refractivity contribution in [2.75, 3.05) is 5.88 Å². The van der Waals surface area contributed by atoms with E-state index in [1.54, 1.807) is 11.6 Å². The highest BCUT2D eigenvalue weighted by Crippen LogP contribution is 2.23. The van der Waals surface area contributed by atoms with E-state index < -0.39 is 35.5 Å². The highest BCUT2D eigenvalue weighted by atomic mass is 35.5. The van der Waals surface area contributed by atoms with Crippen LogP contribution in [0.3, 0.4) is 0 Å². The first-order chi connectivity index (χ1) is 11.9. The van der Waals surface area contributed by atoms with Crippen LogP contribution in [-0.4, -0.2) is 37.5 Å². The van der Waals surface area contributed by atoms with Gasteiger partial charge in [-0.05, 0) is 25.5 Å². The third-order valence-corrected chi connectivity index (χ3v) is 4.51. The zero-order chi connectivity index (χ0) is 18.1. The Hall–Kier alpha value is -2.09. The molecule has 1 aromatic heterocycles. The monoisotopic (exact) mass is 372 g/mol. The van der Waals surface area contributed by atoms with E-state index in [1.807, 2.05) is 0 Å². The Labute approximate surface area is 147 Å². The molecule has 0 bridgehead atoms. The molecule has 1 atom stereocenters. The number of hydrogen-bond donors (Lipinski definition) is 0. The largest absolute Gasteiger partial charge is 0.332 e. The number of amides is 1. The predicted octanol–water partition coefficient (Wildman–Crippen LogP) is 2.59. The summed E-state index contributed by atoms with van der Waals surface area (Å²) in [5, 5.41) is 4.25. The van der Waals surface area contributed by atoms with Crippen molar-refractivity contribution in [3.8, 4) is 0 Å². The number of carbonyl (C=O) groups excluding carboxylic acids is 1. The van der Waals surface area contributed by atoms with Gasteiger partial charge in [0.25, 0.3) is 0 Å². The lowest BCUT2D eigenvalue weighted by Crippen LogP contribution is -2.45. The van der Waals surface area contributed by atoms with Crippen molar-refractivity contribution in [2.24, 2.45) is 0 Å². The van der Waals surface area contributed by atoms with Crippen LogP contribution in [0.15, 0.2) is 12.1 Å². The summed E-state index contributed by atoms with van der Waals surface area (Å²) in [5.74, 6) is -2.75. The fourth-order valence-electron chi connectivity index (χ4n) is 3.05. The van der Waals surface area contributed by atoms with Crippen LogP contribution in [0, 0.1) is 24.4 Å². The van der Waals surface area contributed by atoms with Gasteiger partial charge in [-0.1, -0.05) is 0 Å². The summed E-state index contributed by atoms with van der Waals surface area (Å²) >= 11 is 5.66. The van der Waals surface area contributed by atoms with Crippen LogP contribution in [0.4, 0.5) is 13.2 Å². The molecular weight excluding hydrogens is 357 g/mol. The second kappa shape index (κ2) is 7.03. The lowest BCUT2D eigenvalue weighted by Gasteiger charge is -2.34. The lowest BCUT2D eigenvalue weighted by atomic mass is 10.0. The van der Waals surface area contributed by atoms with Gasteiger partial charge in [0.2, 0.25) is 5.91 Å². The molecule has 3 rings (SSSR count). The summed E-state index contributed by atoms with van der Waals surface area (Å²) < 4.78 is 43.1. The first-order valence-electron chi connectivity index (χ1n) is 7.78. The fraction of sp³-hybridized carbons (Fsp3) is 0.438. The molecule has 1 aliphatic rings. The summed E-state index contributed by atoms with van der Waals surface area (Å²) in [6, 6.07) is 1.20. The Kier molecular flexibility index (Phi) is 4.99. The molecule has 0 saturated heterocycles. The van der Waals surface area contributed by atoms with E-state index in [2.05, 4.69) is 10.1 Å². The number of hydrogen-bond acceptors (Lipinski definition) is 3. The molecule has 1 aromatic carbocycles. The molecule has 1 amide bonds. The number of aryl methyl sites for hydroxylation is 2. The summed E-state index contributed by atoms with van der Waals surface area (Å²) in [7, 11) is 0. The van der Waals surface area contributed by atoms with Crippen LogP contribution in [0.2, 0.25) is 0 Å². The number of rotatable bonds is 4. The molecule has 0 N–H and O–H groups in total. The van der Waals surface area contributed by atoms with Crippen LogP contribution in [-0.2, 0) is 24.3 Å². The normalized spacial score (nSPS) is 16.6. The minimum Gasteiger partial charge on any atom is -0.332 e. The van der Waals surface area contributed by atoms with Crippen molar-refractivity contribution in [2.45, 2.75) is 38.9 Å². The number of benzene rings is 1. The van der Waals surface area contributed by atoms with E-state index in [0.717, 1.165) is 11.9 Å². The molecule has 0 aliphatic carbocycles. The Morgan fingerprint density at radius 1 is 1.36 bits per heavy atom. The van der Waals surface area contributed by atoms with Gasteiger partial charge in [-0.2, -0.15) is 5.10 Å². The zero-order valence-corrected chi connectivity index (χ0v) is 14.2. The average Bonchev–Trinajstić information content (AvgIpc) is 2.97. The number of fused-ring (bicyclic) bond motifs is 1. The Morgan fingerprint density at radius 2 is 2.08 bits per heavy atom. The van der Waals surface area contributed by atoms with E-state index in [9.17, 15) is 18.0 Å². The second-order valence-corrected chi connectivity index (χ2v) is 6.19. The van der Waals surface area contributed by atoms with Crippen molar-refractivity contribution in [1.29, 1.82) is 0 Å². The first-order valence-corrected chi connectivity index (χ1v) is 8.32. The molecule has 1 aliphatic heterocycles. The third-order valence-electron chi connectivity index (χ3n) is 4.28. The first kappa shape index (κ1) is 17.7. The molecule has 0 spiro atoms. The topological polar surface area (TPSA) is 51.0 Å². The van der Waals surface area contributed by atoms with Gasteiger partial charge in [-0.3, -0.25) is 4.79 Å². The molecule has 9 heteroatoms. The van der Waals surface area contributed by atoms with Crippen LogP contribution in [0.5, 0.6) is 0 Å². The van der Waals surface area contributed by atoms with E-state index >= 15 is 0 Å². The maximum Gasteiger partial charge on any atom is 0.238 e. The maximum atomic E-state index is 14.0. The minimum absolute atomic E-state index is 0.335. The van der Waals surface area contributed by atoms with Crippen LogP contribution < -0.4 is 0 Å². The smallest absolute Gasteiger partial charge is 0.238 e. The average molecular weight is 373 g/mol. The Balaban J connectivity index is 1.89. The second-order valence-electron chi connectivity index (χ2n) is 5.93. The van der Waals surface area contributed by atoms with Crippen molar-refractivity contribution in [3.63, 3.8) is 0 Å². The number of carbonyl (C=O) groups is 1. The molecule has 1 unspecified atom stereocenters. The van der Waals surface area contributed by atoms with Gasteiger partial charge in [0, 0.05) is 12.0 Å². The van der Waals surface area contributed by atoms with Gasteiger partial charge in [-0.25, -0.2) is 22.8 Å². The fourth-order valence-corrected chi connectivity index (χ4v) is 3.21. The van der Waals surface area contributed by atoms with Gasteiger partial charge in [0.05, 0.1) is 19.1 Å². The number of aromatic nitrogens is 3. The van der Waals surface area contributed by atoms with E-state index in [-0.39, 0.29) is 11.9 Å². The zero-order valence-electron chi connectivity index (χ0n) is 13.5. The van der Waals surface area contributed by atoms with E-state index in [4.69, 9.17) is 11.6 Å². The highest BCUT2D eigenvalue weighted by molar-refractivity contribution is 6.27. The van der Waals surface area contributed by atoms with Gasteiger partial charge >= 0.3 is 0 Å². The Morgan fingerprint density at radius 3 is 2.80 bits per heavy atom. The molecule has 0 saturated carbocycles. The van der Waals surface area contributed by atoms with Crippen molar-refractivity contribution < 1.29 is 18.0 Å². The molecule has 5 nitrogen and oxygen atoms in total. The van der Waals surface area contributed by atoms with Crippen LogP contribution in [0.1, 0.15) is 23.6 Å². The van der Waals surface area contributed by atoms with Gasteiger partial charge in [-0.15, -0.1) is 11.6 Å². The van der Waals surface area contributed by atoms with Crippen molar-refractivity contribution in [1.82, 2.24) is 19.7 Å². The molecule has 134 valence electrons. The van der Waals surface area contributed by atoms with Crippen molar-refractivity contribution >= 4 is 17.5 Å². The predicted molar refractivity (Wildman–Crippen MR) is 84.5 cm³/mol.